The average molecular weight is 292 g/mol. The number of aryl methyl sites for hydroxylation is 1. The molecule has 7 heteroatoms. The van der Waals surface area contributed by atoms with Gasteiger partial charge in [-0.25, -0.2) is 13.4 Å². The Balaban J connectivity index is 0.00000162. The molecule has 1 aromatic rings. The van der Waals surface area contributed by atoms with Crippen LogP contribution in [0.25, 0.3) is 0 Å². The number of halogens is 1. The van der Waals surface area contributed by atoms with Crippen LogP contribution in [0, 0.1) is 6.92 Å². The molecule has 102 valence electrons. The van der Waals surface area contributed by atoms with Gasteiger partial charge in [0, 0.05) is 25.3 Å². The predicted molar refractivity (Wildman–Crippen MR) is 72.2 cm³/mol. The van der Waals surface area contributed by atoms with Crippen molar-refractivity contribution in [1.29, 1.82) is 0 Å². The maximum Gasteiger partial charge on any atom is 0.260 e. The van der Waals surface area contributed by atoms with E-state index in [4.69, 9.17) is 5.73 Å². The average Bonchev–Trinajstić information content (AvgIpc) is 2.30. The molecule has 0 aliphatic carbocycles. The minimum absolute atomic E-state index is 0. The number of sulfonamides is 1. The van der Waals surface area contributed by atoms with E-state index < -0.39 is 10.0 Å². The Hall–Kier alpha value is -0.690. The van der Waals surface area contributed by atoms with Crippen molar-refractivity contribution in [2.24, 2.45) is 5.73 Å². The van der Waals surface area contributed by atoms with E-state index in [9.17, 15) is 8.42 Å². The summed E-state index contributed by atoms with van der Waals surface area (Å²) in [6, 6.07) is 3.43. The molecule has 1 fully saturated rings. The molecular weight excluding hydrogens is 274 g/mol. The van der Waals surface area contributed by atoms with Crippen molar-refractivity contribution in [2.75, 3.05) is 13.1 Å². The first-order valence-corrected chi connectivity index (χ1v) is 7.12. The van der Waals surface area contributed by atoms with Crippen LogP contribution < -0.4 is 5.73 Å². The van der Waals surface area contributed by atoms with Crippen LogP contribution >= 0.6 is 12.4 Å². The first-order chi connectivity index (χ1) is 8.00. The van der Waals surface area contributed by atoms with Gasteiger partial charge in [0.1, 0.15) is 0 Å². The lowest BCUT2D eigenvalue weighted by molar-refractivity contribution is 0.319. The van der Waals surface area contributed by atoms with Gasteiger partial charge in [0.2, 0.25) is 0 Å². The molecule has 2 rings (SSSR count). The molecule has 0 saturated carbocycles. The molecule has 1 aromatic heterocycles. The summed E-state index contributed by atoms with van der Waals surface area (Å²) in [5.74, 6) is 0. The minimum atomic E-state index is -3.44. The number of hydrogen-bond acceptors (Lipinski definition) is 4. The molecule has 0 radical (unpaired) electrons. The number of hydrogen-bond donors (Lipinski definition) is 1. The Morgan fingerprint density at radius 3 is 2.44 bits per heavy atom. The number of nitrogens with zero attached hydrogens (tertiary/aromatic N) is 2. The first kappa shape index (κ1) is 15.4. The topological polar surface area (TPSA) is 76.3 Å². The Morgan fingerprint density at radius 1 is 1.33 bits per heavy atom. The van der Waals surface area contributed by atoms with E-state index in [1.54, 1.807) is 18.3 Å². The zero-order valence-corrected chi connectivity index (χ0v) is 11.9. The lowest BCUT2D eigenvalue weighted by atomic mass is 10.1. The third kappa shape index (κ3) is 3.20. The maximum absolute atomic E-state index is 12.2. The molecule has 1 aliphatic heterocycles. The highest BCUT2D eigenvalue weighted by Gasteiger charge is 2.28. The smallest absolute Gasteiger partial charge is 0.260 e. The van der Waals surface area contributed by atoms with Crippen LogP contribution in [-0.4, -0.2) is 36.8 Å². The van der Waals surface area contributed by atoms with Crippen LogP contribution in [0.1, 0.15) is 18.4 Å². The Labute approximate surface area is 114 Å². The van der Waals surface area contributed by atoms with Gasteiger partial charge < -0.3 is 5.73 Å². The lowest BCUT2D eigenvalue weighted by Crippen LogP contribution is -2.42. The molecule has 1 saturated heterocycles. The van der Waals surface area contributed by atoms with Crippen LogP contribution in [0.2, 0.25) is 0 Å². The normalized spacial score (nSPS) is 18.3. The van der Waals surface area contributed by atoms with Gasteiger partial charge in [-0.1, -0.05) is 6.07 Å². The summed E-state index contributed by atoms with van der Waals surface area (Å²) in [4.78, 5) is 3.98. The summed E-state index contributed by atoms with van der Waals surface area (Å²) in [7, 11) is -3.44. The molecule has 0 unspecified atom stereocenters. The number of pyridine rings is 1. The number of piperidine rings is 1. The third-order valence-corrected chi connectivity index (χ3v) is 4.80. The van der Waals surface area contributed by atoms with Gasteiger partial charge in [0.05, 0.1) is 0 Å². The summed E-state index contributed by atoms with van der Waals surface area (Å²) in [6.45, 7) is 2.85. The second kappa shape index (κ2) is 5.97. The summed E-state index contributed by atoms with van der Waals surface area (Å²) >= 11 is 0. The molecule has 2 N–H and O–H groups in total. The standard InChI is InChI=1S/C11H17N3O2S.ClH/c1-9-2-3-11(13-8-9)17(15,16)14-6-4-10(12)5-7-14;/h2-3,8,10H,4-7,12H2,1H3;1H. The maximum atomic E-state index is 12.2. The van der Waals surface area contributed by atoms with E-state index >= 15 is 0 Å². The monoisotopic (exact) mass is 291 g/mol. The van der Waals surface area contributed by atoms with E-state index in [2.05, 4.69) is 4.98 Å². The summed E-state index contributed by atoms with van der Waals surface area (Å²) < 4.78 is 25.9. The highest BCUT2D eigenvalue weighted by molar-refractivity contribution is 7.89. The van der Waals surface area contributed by atoms with Gasteiger partial charge in [0.25, 0.3) is 10.0 Å². The number of nitrogens with two attached hydrogens (primary N) is 1. The summed E-state index contributed by atoms with van der Waals surface area (Å²) in [5.41, 5.74) is 6.71. The van der Waals surface area contributed by atoms with Crippen LogP contribution in [-0.2, 0) is 10.0 Å². The zero-order valence-electron chi connectivity index (χ0n) is 10.2. The van der Waals surface area contributed by atoms with Crippen molar-refractivity contribution >= 4 is 22.4 Å². The molecule has 18 heavy (non-hydrogen) atoms. The Morgan fingerprint density at radius 2 is 1.94 bits per heavy atom. The highest BCUT2D eigenvalue weighted by Crippen LogP contribution is 2.18. The number of rotatable bonds is 2. The fourth-order valence-electron chi connectivity index (χ4n) is 1.86. The van der Waals surface area contributed by atoms with E-state index in [1.165, 1.54) is 4.31 Å². The Kier molecular flexibility index (Phi) is 5.10. The molecule has 0 amide bonds. The molecule has 1 aliphatic rings. The van der Waals surface area contributed by atoms with Crippen molar-refractivity contribution in [1.82, 2.24) is 9.29 Å². The van der Waals surface area contributed by atoms with Gasteiger partial charge in [-0.3, -0.25) is 0 Å². The fourth-order valence-corrected chi connectivity index (χ4v) is 3.24. The lowest BCUT2D eigenvalue weighted by Gasteiger charge is -2.28. The molecular formula is C11H18ClN3O2S. The zero-order chi connectivity index (χ0) is 12.5. The SMILES string of the molecule is Cc1ccc(S(=O)(=O)N2CCC(N)CC2)nc1.Cl. The first-order valence-electron chi connectivity index (χ1n) is 5.68. The molecule has 0 atom stereocenters. The van der Waals surface area contributed by atoms with Crippen molar-refractivity contribution in [3.05, 3.63) is 23.9 Å². The highest BCUT2D eigenvalue weighted by atomic mass is 35.5. The van der Waals surface area contributed by atoms with Gasteiger partial charge in [-0.15, -0.1) is 12.4 Å². The van der Waals surface area contributed by atoms with Crippen LogP contribution in [0.4, 0.5) is 0 Å². The quantitative estimate of drug-likeness (QED) is 0.879. The van der Waals surface area contributed by atoms with Crippen molar-refractivity contribution in [3.8, 4) is 0 Å². The second-order valence-electron chi connectivity index (χ2n) is 4.42. The van der Waals surface area contributed by atoms with Crippen LogP contribution in [0.3, 0.4) is 0 Å². The molecule has 0 bridgehead atoms. The molecule has 0 aromatic carbocycles. The second-order valence-corrected chi connectivity index (χ2v) is 6.30. The predicted octanol–water partition coefficient (Wildman–Crippen LogP) is 0.924. The van der Waals surface area contributed by atoms with Crippen LogP contribution in [0.15, 0.2) is 23.4 Å². The number of aromatic nitrogens is 1. The van der Waals surface area contributed by atoms with Crippen molar-refractivity contribution in [2.45, 2.75) is 30.8 Å². The van der Waals surface area contributed by atoms with Gasteiger partial charge in [-0.2, -0.15) is 4.31 Å². The van der Waals surface area contributed by atoms with E-state index in [0.29, 0.717) is 25.9 Å². The molecule has 5 nitrogen and oxygen atoms in total. The van der Waals surface area contributed by atoms with Gasteiger partial charge in [0.15, 0.2) is 5.03 Å². The molecule has 0 spiro atoms. The van der Waals surface area contributed by atoms with Gasteiger partial charge in [-0.05, 0) is 31.4 Å². The minimum Gasteiger partial charge on any atom is -0.328 e. The van der Waals surface area contributed by atoms with Crippen LogP contribution in [0.5, 0.6) is 0 Å². The van der Waals surface area contributed by atoms with E-state index in [-0.39, 0.29) is 23.5 Å². The third-order valence-electron chi connectivity index (χ3n) is 2.99. The fraction of sp³-hybridized carbons (Fsp3) is 0.545. The Bertz CT molecular complexity index is 482. The van der Waals surface area contributed by atoms with Crippen molar-refractivity contribution in [3.63, 3.8) is 0 Å². The van der Waals surface area contributed by atoms with Gasteiger partial charge >= 0.3 is 0 Å². The van der Waals surface area contributed by atoms with Crippen molar-refractivity contribution < 1.29 is 8.42 Å². The summed E-state index contributed by atoms with van der Waals surface area (Å²) in [5, 5.41) is 0.124. The van der Waals surface area contributed by atoms with E-state index in [0.717, 1.165) is 5.56 Å². The van der Waals surface area contributed by atoms with E-state index in [1.807, 2.05) is 6.92 Å². The summed E-state index contributed by atoms with van der Waals surface area (Å²) in [6.07, 6.45) is 3.00. The largest absolute Gasteiger partial charge is 0.328 e. The molecule has 2 heterocycles.